The zero-order chi connectivity index (χ0) is 12.0. The van der Waals surface area contributed by atoms with Crippen LogP contribution in [-0.4, -0.2) is 27.2 Å². The minimum absolute atomic E-state index is 0.164. The Morgan fingerprint density at radius 2 is 2.25 bits per heavy atom. The molecular weight excluding hydrogens is 244 g/mol. The summed E-state index contributed by atoms with van der Waals surface area (Å²) in [6.45, 7) is 6.22. The summed E-state index contributed by atoms with van der Waals surface area (Å²) in [5.74, 6) is 0.675. The molecule has 1 heterocycles. The van der Waals surface area contributed by atoms with Gasteiger partial charge in [-0.15, -0.1) is 0 Å². The van der Waals surface area contributed by atoms with E-state index < -0.39 is 0 Å². The molecular formula is C10H16N2O2S2. The number of carbonyl (C=O) groups is 1. The lowest BCUT2D eigenvalue weighted by molar-refractivity contribution is -0.142. The van der Waals surface area contributed by atoms with Crippen molar-refractivity contribution >= 4 is 29.3 Å². The van der Waals surface area contributed by atoms with Gasteiger partial charge in [0, 0.05) is 6.42 Å². The first-order chi connectivity index (χ1) is 7.71. The first-order valence-corrected chi connectivity index (χ1v) is 7.02. The van der Waals surface area contributed by atoms with Gasteiger partial charge >= 0.3 is 5.97 Å². The molecule has 6 heteroatoms. The summed E-state index contributed by atoms with van der Waals surface area (Å²) in [5.41, 5.74) is 0. The number of esters is 1. The molecule has 0 bridgehead atoms. The third-order valence-electron chi connectivity index (χ3n) is 1.93. The van der Waals surface area contributed by atoms with Crippen molar-refractivity contribution in [3.63, 3.8) is 0 Å². The predicted molar refractivity (Wildman–Crippen MR) is 65.9 cm³/mol. The first-order valence-electron chi connectivity index (χ1n) is 5.37. The molecule has 0 radical (unpaired) electrons. The molecule has 0 fully saturated rings. The van der Waals surface area contributed by atoms with E-state index in [-0.39, 0.29) is 11.2 Å². The van der Waals surface area contributed by atoms with E-state index in [9.17, 15) is 4.79 Å². The Balaban J connectivity index is 2.58. The van der Waals surface area contributed by atoms with Crippen molar-refractivity contribution in [2.75, 3.05) is 6.61 Å². The number of hydrogen-bond acceptors (Lipinski definition) is 6. The normalized spacial score (nSPS) is 12.4. The second kappa shape index (κ2) is 6.85. The highest BCUT2D eigenvalue weighted by Crippen LogP contribution is 2.27. The summed E-state index contributed by atoms with van der Waals surface area (Å²) in [6.07, 6.45) is 1.57. The van der Waals surface area contributed by atoms with Gasteiger partial charge in [0.05, 0.1) is 6.61 Å². The van der Waals surface area contributed by atoms with Gasteiger partial charge in [-0.05, 0) is 24.9 Å². The van der Waals surface area contributed by atoms with Gasteiger partial charge in [0.25, 0.3) is 0 Å². The van der Waals surface area contributed by atoms with Crippen LogP contribution in [0.1, 0.15) is 33.0 Å². The lowest BCUT2D eigenvalue weighted by Gasteiger charge is -2.10. The highest BCUT2D eigenvalue weighted by molar-refractivity contribution is 8.02. The molecule has 0 aliphatic rings. The Morgan fingerprint density at radius 3 is 2.75 bits per heavy atom. The molecule has 0 aliphatic carbocycles. The molecule has 4 nitrogen and oxygen atoms in total. The average Bonchev–Trinajstić information content (AvgIpc) is 2.73. The molecule has 90 valence electrons. The van der Waals surface area contributed by atoms with Crippen LogP contribution in [0.5, 0.6) is 0 Å². The third kappa shape index (κ3) is 3.75. The zero-order valence-electron chi connectivity index (χ0n) is 9.73. The monoisotopic (exact) mass is 260 g/mol. The largest absolute Gasteiger partial charge is 0.465 e. The standard InChI is InChI=1S/C10H16N2O2S2/c1-4-7(9(13)14-6-3)15-10-11-8(5-2)12-16-10/h7H,4-6H2,1-3H3. The number of nitrogens with zero attached hydrogens (tertiary/aromatic N) is 2. The van der Waals surface area contributed by atoms with E-state index in [1.165, 1.54) is 23.3 Å². The highest BCUT2D eigenvalue weighted by Gasteiger charge is 2.20. The molecule has 0 N–H and O–H groups in total. The van der Waals surface area contributed by atoms with E-state index in [0.717, 1.165) is 23.0 Å². The average molecular weight is 260 g/mol. The quantitative estimate of drug-likeness (QED) is 0.581. The van der Waals surface area contributed by atoms with Crippen LogP contribution in [0.25, 0.3) is 0 Å². The van der Waals surface area contributed by atoms with Crippen LogP contribution >= 0.6 is 23.3 Å². The van der Waals surface area contributed by atoms with Crippen LogP contribution in [0.4, 0.5) is 0 Å². The van der Waals surface area contributed by atoms with Crippen molar-refractivity contribution in [1.29, 1.82) is 0 Å². The van der Waals surface area contributed by atoms with E-state index in [1.807, 2.05) is 20.8 Å². The van der Waals surface area contributed by atoms with Gasteiger partial charge in [0.1, 0.15) is 11.1 Å². The highest BCUT2D eigenvalue weighted by atomic mass is 32.2. The minimum atomic E-state index is -0.169. The summed E-state index contributed by atoms with van der Waals surface area (Å²) in [7, 11) is 0. The van der Waals surface area contributed by atoms with Crippen LogP contribution in [0, 0.1) is 0 Å². The maximum Gasteiger partial charge on any atom is 0.319 e. The van der Waals surface area contributed by atoms with Gasteiger partial charge in [-0.3, -0.25) is 4.79 Å². The van der Waals surface area contributed by atoms with Crippen LogP contribution in [0.2, 0.25) is 0 Å². The van der Waals surface area contributed by atoms with E-state index in [2.05, 4.69) is 9.36 Å². The SMILES string of the molecule is CCOC(=O)C(CC)Sc1nc(CC)ns1. The smallest absolute Gasteiger partial charge is 0.319 e. The van der Waals surface area contributed by atoms with Crippen molar-refractivity contribution in [3.8, 4) is 0 Å². The fraction of sp³-hybridized carbons (Fsp3) is 0.700. The van der Waals surface area contributed by atoms with Gasteiger partial charge in [0.2, 0.25) is 0 Å². The number of rotatable bonds is 6. The van der Waals surface area contributed by atoms with Crippen LogP contribution in [0.15, 0.2) is 4.34 Å². The number of aryl methyl sites for hydroxylation is 1. The molecule has 0 spiro atoms. The maximum absolute atomic E-state index is 11.6. The fourth-order valence-corrected chi connectivity index (χ4v) is 2.95. The summed E-state index contributed by atoms with van der Waals surface area (Å²) in [4.78, 5) is 15.9. The molecule has 0 aliphatic heterocycles. The van der Waals surface area contributed by atoms with Crippen molar-refractivity contribution < 1.29 is 9.53 Å². The lowest BCUT2D eigenvalue weighted by Crippen LogP contribution is -2.19. The molecule has 0 aromatic carbocycles. The minimum Gasteiger partial charge on any atom is -0.465 e. The number of thioether (sulfide) groups is 1. The molecule has 1 rings (SSSR count). The van der Waals surface area contributed by atoms with E-state index in [4.69, 9.17) is 4.74 Å². The molecule has 1 atom stereocenters. The maximum atomic E-state index is 11.6. The predicted octanol–water partition coefficient (Wildman–Crippen LogP) is 2.53. The van der Waals surface area contributed by atoms with Gasteiger partial charge in [-0.2, -0.15) is 4.37 Å². The van der Waals surface area contributed by atoms with Crippen LogP contribution < -0.4 is 0 Å². The Bertz CT molecular complexity index is 341. The molecule has 1 unspecified atom stereocenters. The Labute approximate surface area is 104 Å². The van der Waals surface area contributed by atoms with E-state index in [0.29, 0.717) is 6.61 Å². The van der Waals surface area contributed by atoms with E-state index in [1.54, 1.807) is 0 Å². The van der Waals surface area contributed by atoms with Gasteiger partial charge in [-0.1, -0.05) is 25.6 Å². The third-order valence-corrected chi connectivity index (χ3v) is 4.09. The Hall–Kier alpha value is -0.620. The number of hydrogen-bond donors (Lipinski definition) is 0. The molecule has 16 heavy (non-hydrogen) atoms. The van der Waals surface area contributed by atoms with Crippen molar-refractivity contribution in [1.82, 2.24) is 9.36 Å². The van der Waals surface area contributed by atoms with Crippen molar-refractivity contribution in [2.45, 2.75) is 43.2 Å². The lowest BCUT2D eigenvalue weighted by atomic mass is 10.3. The van der Waals surface area contributed by atoms with Crippen LogP contribution in [0.3, 0.4) is 0 Å². The Morgan fingerprint density at radius 1 is 1.50 bits per heavy atom. The number of aromatic nitrogens is 2. The van der Waals surface area contributed by atoms with E-state index >= 15 is 0 Å². The van der Waals surface area contributed by atoms with Gasteiger partial charge in [0.15, 0.2) is 4.34 Å². The number of carbonyl (C=O) groups excluding carboxylic acids is 1. The van der Waals surface area contributed by atoms with Crippen molar-refractivity contribution in [2.24, 2.45) is 0 Å². The Kier molecular flexibility index (Phi) is 5.76. The van der Waals surface area contributed by atoms with Gasteiger partial charge < -0.3 is 4.74 Å². The molecule has 0 amide bonds. The summed E-state index contributed by atoms with van der Waals surface area (Å²) < 4.78 is 10.0. The van der Waals surface area contributed by atoms with Crippen LogP contribution in [-0.2, 0) is 16.0 Å². The second-order valence-electron chi connectivity index (χ2n) is 3.10. The molecule has 1 aromatic heterocycles. The summed E-state index contributed by atoms with van der Waals surface area (Å²) >= 11 is 2.79. The fourth-order valence-electron chi connectivity index (χ4n) is 1.08. The molecule has 1 aromatic rings. The van der Waals surface area contributed by atoms with Gasteiger partial charge in [-0.25, -0.2) is 4.98 Å². The summed E-state index contributed by atoms with van der Waals surface area (Å²) in [5, 5.41) is -0.169. The van der Waals surface area contributed by atoms with Crippen molar-refractivity contribution in [3.05, 3.63) is 5.82 Å². The topological polar surface area (TPSA) is 52.1 Å². The molecule has 0 saturated heterocycles. The zero-order valence-corrected chi connectivity index (χ0v) is 11.4. The summed E-state index contributed by atoms with van der Waals surface area (Å²) in [6, 6.07) is 0. The second-order valence-corrected chi connectivity index (χ2v) is 5.30. The molecule has 0 saturated carbocycles. The number of ether oxygens (including phenoxy) is 1. The first kappa shape index (κ1) is 13.4.